The lowest BCUT2D eigenvalue weighted by atomic mass is 9.86. The second-order valence-corrected chi connectivity index (χ2v) is 4.61. The number of benzene rings is 1. The van der Waals surface area contributed by atoms with E-state index in [4.69, 9.17) is 0 Å². The summed E-state index contributed by atoms with van der Waals surface area (Å²) in [4.78, 5) is 0. The summed E-state index contributed by atoms with van der Waals surface area (Å²) >= 11 is 0. The predicted octanol–water partition coefficient (Wildman–Crippen LogP) is 3.91. The number of hydrogen-bond acceptors (Lipinski definition) is 1. The fourth-order valence-electron chi connectivity index (χ4n) is 2.56. The normalized spacial score (nSPS) is 20.4. The Morgan fingerprint density at radius 2 is 2.19 bits per heavy atom. The number of nitrogens with one attached hydrogen (secondary N) is 1. The molecule has 1 N–H and O–H groups in total. The second-order valence-electron chi connectivity index (χ2n) is 4.61. The second kappa shape index (κ2) is 4.40. The third kappa shape index (κ3) is 1.91. The molecule has 1 aliphatic heterocycles. The molecule has 1 nitrogen and oxygen atoms in total. The fraction of sp³-hybridized carbons (Fsp3) is 0.538. The number of hydrogen-bond donors (Lipinski definition) is 1. The maximum atomic E-state index is 13.5. The molecule has 16 heavy (non-hydrogen) atoms. The van der Waals surface area contributed by atoms with Gasteiger partial charge in [0.1, 0.15) is 11.6 Å². The molecule has 0 aromatic heterocycles. The van der Waals surface area contributed by atoms with Crippen molar-refractivity contribution in [2.45, 2.75) is 32.6 Å². The van der Waals surface area contributed by atoms with Crippen molar-refractivity contribution in [1.29, 1.82) is 0 Å². The largest absolute Gasteiger partial charge is 0.382 e. The summed E-state index contributed by atoms with van der Waals surface area (Å²) in [6.45, 7) is 5.00. The average Bonchev–Trinajstić information content (AvgIpc) is 2.61. The lowest BCUT2D eigenvalue weighted by molar-refractivity contribution is 0.445. The molecule has 0 radical (unpaired) electrons. The first-order valence-corrected chi connectivity index (χ1v) is 5.86. The summed E-state index contributed by atoms with van der Waals surface area (Å²) in [5, 5.41) is 3.04. The zero-order valence-electron chi connectivity index (χ0n) is 9.69. The molecule has 0 aliphatic carbocycles. The van der Waals surface area contributed by atoms with E-state index in [0.29, 0.717) is 11.6 Å². The predicted molar refractivity (Wildman–Crippen MR) is 61.7 cm³/mol. The molecular weight excluding hydrogens is 208 g/mol. The van der Waals surface area contributed by atoms with E-state index in [1.54, 1.807) is 0 Å². The van der Waals surface area contributed by atoms with Gasteiger partial charge >= 0.3 is 0 Å². The van der Waals surface area contributed by atoms with E-state index in [-0.39, 0.29) is 5.92 Å². The van der Waals surface area contributed by atoms with Gasteiger partial charge in [-0.25, -0.2) is 8.78 Å². The van der Waals surface area contributed by atoms with Crippen LogP contribution in [0.3, 0.4) is 0 Å². The van der Waals surface area contributed by atoms with Gasteiger partial charge in [-0.3, -0.25) is 0 Å². The maximum absolute atomic E-state index is 13.5. The smallest absolute Gasteiger partial charge is 0.149 e. The summed E-state index contributed by atoms with van der Waals surface area (Å²) in [5.41, 5.74) is 1.30. The van der Waals surface area contributed by atoms with E-state index in [1.807, 2.05) is 0 Å². The van der Waals surface area contributed by atoms with E-state index in [1.165, 1.54) is 6.07 Å². The van der Waals surface area contributed by atoms with Gasteiger partial charge in [0.05, 0.1) is 5.69 Å². The van der Waals surface area contributed by atoms with Crippen LogP contribution in [0.1, 0.15) is 38.2 Å². The van der Waals surface area contributed by atoms with Crippen LogP contribution < -0.4 is 5.32 Å². The molecule has 2 unspecified atom stereocenters. The Kier molecular flexibility index (Phi) is 3.13. The Labute approximate surface area is 94.9 Å². The van der Waals surface area contributed by atoms with Crippen molar-refractivity contribution in [1.82, 2.24) is 0 Å². The Bertz CT molecular complexity index is 390. The van der Waals surface area contributed by atoms with Gasteiger partial charge in [-0.05, 0) is 17.5 Å². The molecule has 3 heteroatoms. The first-order valence-electron chi connectivity index (χ1n) is 5.86. The minimum Gasteiger partial charge on any atom is -0.382 e. The molecule has 0 fully saturated rings. The zero-order chi connectivity index (χ0) is 11.7. The summed E-state index contributed by atoms with van der Waals surface area (Å²) in [6, 6.07) is 2.41. The van der Waals surface area contributed by atoms with Crippen molar-refractivity contribution < 1.29 is 8.78 Å². The Hall–Kier alpha value is -1.12. The van der Waals surface area contributed by atoms with Crippen molar-refractivity contribution in [2.24, 2.45) is 5.92 Å². The van der Waals surface area contributed by atoms with E-state index < -0.39 is 11.6 Å². The van der Waals surface area contributed by atoms with Gasteiger partial charge in [0, 0.05) is 18.5 Å². The molecule has 1 aromatic carbocycles. The number of rotatable bonds is 3. The third-order valence-corrected chi connectivity index (χ3v) is 3.41. The molecule has 1 heterocycles. The molecule has 0 saturated heterocycles. The highest BCUT2D eigenvalue weighted by atomic mass is 19.1. The number of anilines is 1. The van der Waals surface area contributed by atoms with E-state index >= 15 is 0 Å². The van der Waals surface area contributed by atoms with Crippen molar-refractivity contribution in [2.75, 3.05) is 11.9 Å². The van der Waals surface area contributed by atoms with Crippen molar-refractivity contribution >= 4 is 5.69 Å². The summed E-state index contributed by atoms with van der Waals surface area (Å²) in [5.74, 6) is -0.255. The molecule has 2 atom stereocenters. The van der Waals surface area contributed by atoms with Gasteiger partial charge in [-0.1, -0.05) is 26.7 Å². The van der Waals surface area contributed by atoms with Crippen LogP contribution in [0.4, 0.5) is 14.5 Å². The fourth-order valence-corrected chi connectivity index (χ4v) is 2.56. The van der Waals surface area contributed by atoms with Gasteiger partial charge in [-0.15, -0.1) is 0 Å². The Balaban J connectivity index is 2.31. The Morgan fingerprint density at radius 3 is 2.88 bits per heavy atom. The molecule has 1 aliphatic rings. The lowest BCUT2D eigenvalue weighted by Gasteiger charge is -2.18. The number of fused-ring (bicyclic) bond motifs is 1. The molecule has 2 rings (SSSR count). The lowest BCUT2D eigenvalue weighted by Crippen LogP contribution is -2.11. The molecule has 0 bridgehead atoms. The molecule has 0 spiro atoms. The molecule has 88 valence electrons. The van der Waals surface area contributed by atoms with Crippen LogP contribution >= 0.6 is 0 Å². The standard InChI is InChI=1S/C13H17F2N/c1-3-4-8(2)11-7-16-13-10(11)5-9(14)6-12(13)15/h5-6,8,11,16H,3-4,7H2,1-2H3. The van der Waals surface area contributed by atoms with Crippen LogP contribution in [0.5, 0.6) is 0 Å². The Morgan fingerprint density at radius 1 is 1.44 bits per heavy atom. The highest BCUT2D eigenvalue weighted by molar-refractivity contribution is 5.59. The van der Waals surface area contributed by atoms with Crippen LogP contribution in [0.15, 0.2) is 12.1 Å². The van der Waals surface area contributed by atoms with Crippen LogP contribution in [0, 0.1) is 17.6 Å². The highest BCUT2D eigenvalue weighted by Gasteiger charge is 2.29. The maximum Gasteiger partial charge on any atom is 0.149 e. The monoisotopic (exact) mass is 225 g/mol. The highest BCUT2D eigenvalue weighted by Crippen LogP contribution is 2.39. The topological polar surface area (TPSA) is 12.0 Å². The SMILES string of the molecule is CCCC(C)C1CNc2c(F)cc(F)cc21. The van der Waals surface area contributed by atoms with Crippen LogP contribution in [0.25, 0.3) is 0 Å². The van der Waals surface area contributed by atoms with E-state index in [2.05, 4.69) is 19.2 Å². The molecule has 1 aromatic rings. The molecule has 0 saturated carbocycles. The van der Waals surface area contributed by atoms with E-state index in [9.17, 15) is 8.78 Å². The van der Waals surface area contributed by atoms with Gasteiger partial charge in [-0.2, -0.15) is 0 Å². The van der Waals surface area contributed by atoms with Gasteiger partial charge in [0.25, 0.3) is 0 Å². The zero-order valence-corrected chi connectivity index (χ0v) is 9.69. The van der Waals surface area contributed by atoms with Gasteiger partial charge < -0.3 is 5.32 Å². The van der Waals surface area contributed by atoms with Gasteiger partial charge in [0.2, 0.25) is 0 Å². The first-order chi connectivity index (χ1) is 7.63. The van der Waals surface area contributed by atoms with Crippen LogP contribution in [-0.4, -0.2) is 6.54 Å². The average molecular weight is 225 g/mol. The minimum atomic E-state index is -0.478. The van der Waals surface area contributed by atoms with Crippen LogP contribution in [-0.2, 0) is 0 Å². The van der Waals surface area contributed by atoms with Crippen LogP contribution in [0.2, 0.25) is 0 Å². The van der Waals surface area contributed by atoms with Crippen molar-refractivity contribution in [3.05, 3.63) is 29.3 Å². The van der Waals surface area contributed by atoms with E-state index in [0.717, 1.165) is 31.0 Å². The third-order valence-electron chi connectivity index (χ3n) is 3.41. The summed E-state index contributed by atoms with van der Waals surface area (Å²) < 4.78 is 26.6. The van der Waals surface area contributed by atoms with Crippen molar-refractivity contribution in [3.8, 4) is 0 Å². The quantitative estimate of drug-likeness (QED) is 0.822. The minimum absolute atomic E-state index is 0.236. The van der Waals surface area contributed by atoms with Gasteiger partial charge in [0.15, 0.2) is 0 Å². The van der Waals surface area contributed by atoms with Crippen molar-refractivity contribution in [3.63, 3.8) is 0 Å². The summed E-state index contributed by atoms with van der Waals surface area (Å²) in [7, 11) is 0. The molecule has 0 amide bonds. The first kappa shape index (κ1) is 11.4. The number of halogens is 2. The molecular formula is C13H17F2N. The summed E-state index contributed by atoms with van der Waals surface area (Å²) in [6.07, 6.45) is 2.19.